The second kappa shape index (κ2) is 7.21. The van der Waals surface area contributed by atoms with Gasteiger partial charge in [-0.05, 0) is 25.6 Å². The zero-order chi connectivity index (χ0) is 17.1. The van der Waals surface area contributed by atoms with Gasteiger partial charge in [0.05, 0.1) is 0 Å². The average Bonchev–Trinajstić information content (AvgIpc) is 3.11. The fourth-order valence-corrected chi connectivity index (χ4v) is 3.42. The highest BCUT2D eigenvalue weighted by molar-refractivity contribution is 5.95. The van der Waals surface area contributed by atoms with E-state index >= 15 is 0 Å². The summed E-state index contributed by atoms with van der Waals surface area (Å²) in [5, 5.41) is 1.20. The first-order chi connectivity index (χ1) is 12.3. The molecule has 0 spiro atoms. The van der Waals surface area contributed by atoms with Gasteiger partial charge in [-0.1, -0.05) is 18.2 Å². The van der Waals surface area contributed by atoms with Crippen LogP contribution in [0.2, 0.25) is 0 Å². The van der Waals surface area contributed by atoms with E-state index in [1.54, 1.807) is 0 Å². The third-order valence-electron chi connectivity index (χ3n) is 4.87. The molecule has 130 valence electrons. The fourth-order valence-electron chi connectivity index (χ4n) is 3.42. The Morgan fingerprint density at radius 3 is 2.56 bits per heavy atom. The summed E-state index contributed by atoms with van der Waals surface area (Å²) >= 11 is 0. The number of fused-ring (bicyclic) bond motifs is 1. The normalized spacial score (nSPS) is 15.8. The molecule has 1 aliphatic rings. The molecular weight excluding hydrogens is 312 g/mol. The third-order valence-corrected chi connectivity index (χ3v) is 4.87. The minimum absolute atomic E-state index is 0.763. The number of hydrogen-bond acceptors (Lipinski definition) is 5. The van der Waals surface area contributed by atoms with Crippen LogP contribution in [-0.4, -0.2) is 59.1 Å². The summed E-state index contributed by atoms with van der Waals surface area (Å²) in [7, 11) is 0. The van der Waals surface area contributed by atoms with Crippen LogP contribution in [0.15, 0.2) is 42.9 Å². The van der Waals surface area contributed by atoms with Crippen molar-refractivity contribution in [3.63, 3.8) is 0 Å². The van der Waals surface area contributed by atoms with Crippen molar-refractivity contribution in [2.45, 2.75) is 6.42 Å². The molecule has 0 amide bonds. The number of benzene rings is 1. The molecule has 1 saturated heterocycles. The fraction of sp³-hybridized carbons (Fsp3) is 0.368. The maximum atomic E-state index is 5.59. The Kier molecular flexibility index (Phi) is 4.63. The third kappa shape index (κ3) is 3.36. The zero-order valence-corrected chi connectivity index (χ0v) is 14.4. The van der Waals surface area contributed by atoms with Crippen molar-refractivity contribution in [2.24, 2.45) is 5.73 Å². The summed E-state index contributed by atoms with van der Waals surface area (Å²) < 4.78 is 0. The van der Waals surface area contributed by atoms with Gasteiger partial charge in [0.1, 0.15) is 0 Å². The van der Waals surface area contributed by atoms with Gasteiger partial charge in [-0.3, -0.25) is 4.90 Å². The molecule has 0 unspecified atom stereocenters. The summed E-state index contributed by atoms with van der Waals surface area (Å²) in [6.07, 6.45) is 6.95. The standard InChI is InChI=1S/C19H24N6/c20-6-3-7-24-8-10-25(11-9-24)19-22-12-15(13-23-19)17-14-21-18-5-2-1-4-16(17)18/h1-2,4-5,12-14,21H,3,6-11,20H2. The molecule has 0 aliphatic carbocycles. The van der Waals surface area contributed by atoms with Crippen LogP contribution < -0.4 is 10.6 Å². The van der Waals surface area contributed by atoms with Crippen molar-refractivity contribution in [1.29, 1.82) is 0 Å². The van der Waals surface area contributed by atoms with Crippen molar-refractivity contribution < 1.29 is 0 Å². The molecule has 3 N–H and O–H groups in total. The maximum Gasteiger partial charge on any atom is 0.225 e. The van der Waals surface area contributed by atoms with Crippen LogP contribution in [0.1, 0.15) is 6.42 Å². The molecule has 4 rings (SSSR count). The van der Waals surface area contributed by atoms with Gasteiger partial charge < -0.3 is 15.6 Å². The van der Waals surface area contributed by atoms with E-state index in [1.807, 2.05) is 24.7 Å². The highest BCUT2D eigenvalue weighted by Gasteiger charge is 2.18. The lowest BCUT2D eigenvalue weighted by Gasteiger charge is -2.34. The van der Waals surface area contributed by atoms with E-state index in [2.05, 4.69) is 43.0 Å². The molecule has 6 nitrogen and oxygen atoms in total. The van der Waals surface area contributed by atoms with Gasteiger partial charge in [-0.15, -0.1) is 0 Å². The summed E-state index contributed by atoms with van der Waals surface area (Å²) in [6, 6.07) is 8.29. The molecule has 3 aromatic rings. The molecule has 6 heteroatoms. The Bertz CT molecular complexity index is 817. The minimum Gasteiger partial charge on any atom is -0.361 e. The van der Waals surface area contributed by atoms with Gasteiger partial charge in [0.25, 0.3) is 0 Å². The van der Waals surface area contributed by atoms with Gasteiger partial charge in [-0.25, -0.2) is 9.97 Å². The highest BCUT2D eigenvalue weighted by atomic mass is 15.3. The van der Waals surface area contributed by atoms with Crippen LogP contribution >= 0.6 is 0 Å². The van der Waals surface area contributed by atoms with E-state index < -0.39 is 0 Å². The Morgan fingerprint density at radius 1 is 1.04 bits per heavy atom. The predicted octanol–water partition coefficient (Wildman–Crippen LogP) is 2.10. The molecule has 0 radical (unpaired) electrons. The zero-order valence-electron chi connectivity index (χ0n) is 14.4. The predicted molar refractivity (Wildman–Crippen MR) is 102 cm³/mol. The number of aromatic nitrogens is 3. The van der Waals surface area contributed by atoms with E-state index in [9.17, 15) is 0 Å². The number of nitrogens with two attached hydrogens (primary N) is 1. The number of hydrogen-bond donors (Lipinski definition) is 2. The maximum absolute atomic E-state index is 5.59. The topological polar surface area (TPSA) is 74.1 Å². The number of aromatic amines is 1. The molecule has 1 aromatic carbocycles. The SMILES string of the molecule is NCCCN1CCN(c2ncc(-c3c[nH]c4ccccc34)cn2)CC1. The average molecular weight is 336 g/mol. The van der Waals surface area contributed by atoms with Crippen LogP contribution in [0.25, 0.3) is 22.0 Å². The molecule has 1 fully saturated rings. The summed E-state index contributed by atoms with van der Waals surface area (Å²) in [5.41, 5.74) is 8.92. The molecule has 3 heterocycles. The summed E-state index contributed by atoms with van der Waals surface area (Å²) in [5.74, 6) is 0.821. The van der Waals surface area contributed by atoms with Crippen LogP contribution in [-0.2, 0) is 0 Å². The van der Waals surface area contributed by atoms with Crippen LogP contribution in [0.4, 0.5) is 5.95 Å². The highest BCUT2D eigenvalue weighted by Crippen LogP contribution is 2.28. The van der Waals surface area contributed by atoms with Crippen LogP contribution in [0.5, 0.6) is 0 Å². The van der Waals surface area contributed by atoms with Crippen molar-refractivity contribution in [3.8, 4) is 11.1 Å². The largest absolute Gasteiger partial charge is 0.361 e. The molecule has 0 bridgehead atoms. The monoisotopic (exact) mass is 336 g/mol. The molecule has 0 saturated carbocycles. The van der Waals surface area contributed by atoms with Gasteiger partial charge in [0, 0.05) is 66.8 Å². The van der Waals surface area contributed by atoms with Crippen LogP contribution in [0.3, 0.4) is 0 Å². The number of anilines is 1. The lowest BCUT2D eigenvalue weighted by molar-refractivity contribution is 0.255. The van der Waals surface area contributed by atoms with Gasteiger partial charge in [0.2, 0.25) is 5.95 Å². The van der Waals surface area contributed by atoms with Crippen molar-refractivity contribution >= 4 is 16.9 Å². The van der Waals surface area contributed by atoms with Crippen molar-refractivity contribution in [1.82, 2.24) is 19.9 Å². The Hall–Kier alpha value is -2.44. The number of H-pyrrole nitrogens is 1. The minimum atomic E-state index is 0.763. The smallest absolute Gasteiger partial charge is 0.225 e. The molecule has 25 heavy (non-hydrogen) atoms. The number of nitrogens with zero attached hydrogens (tertiary/aromatic N) is 4. The Morgan fingerprint density at radius 2 is 1.80 bits per heavy atom. The number of nitrogens with one attached hydrogen (secondary N) is 1. The van der Waals surface area contributed by atoms with E-state index in [4.69, 9.17) is 5.73 Å². The van der Waals surface area contributed by atoms with Crippen molar-refractivity contribution in [3.05, 3.63) is 42.9 Å². The molecular formula is C19H24N6. The Balaban J connectivity index is 1.46. The summed E-state index contributed by atoms with van der Waals surface area (Å²) in [6.45, 7) is 5.89. The molecule has 2 aromatic heterocycles. The van der Waals surface area contributed by atoms with Gasteiger partial charge >= 0.3 is 0 Å². The molecule has 0 atom stereocenters. The van der Waals surface area contributed by atoms with E-state index in [0.717, 1.165) is 68.3 Å². The van der Waals surface area contributed by atoms with E-state index in [0.29, 0.717) is 0 Å². The number of para-hydroxylation sites is 1. The van der Waals surface area contributed by atoms with Crippen molar-refractivity contribution in [2.75, 3.05) is 44.2 Å². The van der Waals surface area contributed by atoms with Gasteiger partial charge in [-0.2, -0.15) is 0 Å². The lowest BCUT2D eigenvalue weighted by Crippen LogP contribution is -2.47. The molecule has 1 aliphatic heterocycles. The first-order valence-corrected chi connectivity index (χ1v) is 8.91. The first kappa shape index (κ1) is 16.1. The first-order valence-electron chi connectivity index (χ1n) is 8.91. The van der Waals surface area contributed by atoms with E-state index in [-0.39, 0.29) is 0 Å². The van der Waals surface area contributed by atoms with E-state index in [1.165, 1.54) is 5.39 Å². The van der Waals surface area contributed by atoms with Crippen LogP contribution in [0, 0.1) is 0 Å². The number of rotatable bonds is 5. The Labute approximate surface area is 147 Å². The lowest BCUT2D eigenvalue weighted by atomic mass is 10.1. The second-order valence-electron chi connectivity index (χ2n) is 6.49. The number of piperazine rings is 1. The quantitative estimate of drug-likeness (QED) is 0.746. The van der Waals surface area contributed by atoms with Gasteiger partial charge in [0.15, 0.2) is 0 Å². The second-order valence-corrected chi connectivity index (χ2v) is 6.49. The summed E-state index contributed by atoms with van der Waals surface area (Å²) in [4.78, 5) is 17.3.